The van der Waals surface area contributed by atoms with E-state index in [1.807, 2.05) is 30.3 Å². The van der Waals surface area contributed by atoms with Crippen molar-refractivity contribution in [3.63, 3.8) is 0 Å². The molecule has 12 heteroatoms. The minimum atomic E-state index is -2.20. The molecule has 0 saturated carbocycles. The molecule has 1 saturated heterocycles. The Morgan fingerprint density at radius 1 is 0.955 bits per heavy atom. The zero-order valence-electron chi connectivity index (χ0n) is 25.6. The van der Waals surface area contributed by atoms with E-state index in [0.29, 0.717) is 30.8 Å². The highest BCUT2D eigenvalue weighted by molar-refractivity contribution is 6.14. The maximum atomic E-state index is 14.0. The third-order valence-corrected chi connectivity index (χ3v) is 7.78. The zero-order chi connectivity index (χ0) is 32.0. The van der Waals surface area contributed by atoms with E-state index >= 15 is 0 Å². The smallest absolute Gasteiger partial charge is 0.408 e. The van der Waals surface area contributed by atoms with Crippen molar-refractivity contribution < 1.29 is 38.2 Å². The van der Waals surface area contributed by atoms with Crippen LogP contribution in [0.5, 0.6) is 5.75 Å². The highest BCUT2D eigenvalue weighted by atomic mass is 16.6. The van der Waals surface area contributed by atoms with E-state index in [2.05, 4.69) is 16.0 Å². The van der Waals surface area contributed by atoms with Gasteiger partial charge in [-0.1, -0.05) is 70.2 Å². The number of ketones is 1. The van der Waals surface area contributed by atoms with Crippen LogP contribution in [0.2, 0.25) is 0 Å². The number of ether oxygens (including phenoxy) is 3. The van der Waals surface area contributed by atoms with Gasteiger partial charge in [0.2, 0.25) is 17.6 Å². The van der Waals surface area contributed by atoms with Crippen molar-refractivity contribution in [2.75, 3.05) is 19.0 Å². The highest BCUT2D eigenvalue weighted by Crippen LogP contribution is 2.38. The lowest BCUT2D eigenvalue weighted by molar-refractivity contribution is -0.162. The van der Waals surface area contributed by atoms with E-state index in [1.54, 1.807) is 52.0 Å². The first-order valence-electron chi connectivity index (χ1n) is 14.8. The standard InChI is InChI=1S/C32H40N4O8/c1-19(2)25(27(37)32(30(40)42-5)35-22-14-9-10-16-24(22)44-32)33-28(38)23-15-11-17-36(23)29(39)26(20(3)4)34-31(41)43-18-21-12-7-6-8-13-21/h6-10,12-14,16,19-20,23,25-26,35H,11,15,17-18H2,1-5H3,(H,33,38)(H,34,41)/t23-,25-,26-,32?/m0/s1. The van der Waals surface area contributed by atoms with Crippen LogP contribution in [-0.2, 0) is 35.3 Å². The number of nitrogens with zero attached hydrogens (tertiary/aromatic N) is 1. The number of fused-ring (bicyclic) bond motifs is 1. The van der Waals surface area contributed by atoms with Gasteiger partial charge in [0, 0.05) is 6.54 Å². The minimum absolute atomic E-state index is 0.0434. The Hall–Kier alpha value is -4.61. The van der Waals surface area contributed by atoms with Crippen LogP contribution in [0.4, 0.5) is 10.5 Å². The molecule has 0 bridgehead atoms. The van der Waals surface area contributed by atoms with Crippen molar-refractivity contribution in [1.29, 1.82) is 0 Å². The van der Waals surface area contributed by atoms with Gasteiger partial charge in [-0.05, 0) is 42.4 Å². The molecule has 236 valence electrons. The third-order valence-electron chi connectivity index (χ3n) is 7.78. The fourth-order valence-electron chi connectivity index (χ4n) is 5.38. The molecule has 4 atom stereocenters. The summed E-state index contributed by atoms with van der Waals surface area (Å²) in [4.78, 5) is 68.4. The lowest BCUT2D eigenvalue weighted by Crippen LogP contribution is -2.64. The molecule has 3 N–H and O–H groups in total. The van der Waals surface area contributed by atoms with Crippen molar-refractivity contribution >= 4 is 35.3 Å². The molecule has 1 fully saturated rings. The molecule has 4 rings (SSSR count). The Morgan fingerprint density at radius 2 is 1.61 bits per heavy atom. The van der Waals surface area contributed by atoms with Gasteiger partial charge in [-0.3, -0.25) is 14.4 Å². The molecule has 44 heavy (non-hydrogen) atoms. The number of benzene rings is 2. The summed E-state index contributed by atoms with van der Waals surface area (Å²) in [5, 5.41) is 8.29. The zero-order valence-corrected chi connectivity index (χ0v) is 25.6. The van der Waals surface area contributed by atoms with Crippen LogP contribution in [-0.4, -0.2) is 72.1 Å². The number of carbonyl (C=O) groups is 5. The number of hydrogen-bond donors (Lipinski definition) is 3. The van der Waals surface area contributed by atoms with Gasteiger partial charge in [-0.25, -0.2) is 9.59 Å². The number of anilines is 1. The molecule has 0 spiro atoms. The Labute approximate surface area is 256 Å². The lowest BCUT2D eigenvalue weighted by atomic mass is 9.92. The number of carbonyl (C=O) groups excluding carboxylic acids is 5. The second kappa shape index (κ2) is 13.8. The molecule has 0 aliphatic carbocycles. The summed E-state index contributed by atoms with van der Waals surface area (Å²) < 4.78 is 16.1. The van der Waals surface area contributed by atoms with Gasteiger partial charge in [0.1, 0.15) is 24.4 Å². The average Bonchev–Trinajstić information content (AvgIpc) is 3.67. The summed E-state index contributed by atoms with van der Waals surface area (Å²) >= 11 is 0. The highest BCUT2D eigenvalue weighted by Gasteiger charge is 2.57. The van der Waals surface area contributed by atoms with Crippen molar-refractivity contribution in [2.24, 2.45) is 11.8 Å². The molecule has 0 radical (unpaired) electrons. The maximum absolute atomic E-state index is 14.0. The minimum Gasteiger partial charge on any atom is -0.464 e. The van der Waals surface area contributed by atoms with Crippen LogP contribution in [0.25, 0.3) is 0 Å². The predicted molar refractivity (Wildman–Crippen MR) is 160 cm³/mol. The Kier molecular flexibility index (Phi) is 10.1. The monoisotopic (exact) mass is 608 g/mol. The van der Waals surface area contributed by atoms with Crippen LogP contribution in [0.15, 0.2) is 54.6 Å². The van der Waals surface area contributed by atoms with Gasteiger partial charge in [0.05, 0.1) is 18.8 Å². The summed E-state index contributed by atoms with van der Waals surface area (Å²) in [5.41, 5.74) is -0.961. The van der Waals surface area contributed by atoms with Gasteiger partial charge in [-0.2, -0.15) is 0 Å². The van der Waals surface area contributed by atoms with Crippen molar-refractivity contribution in [3.8, 4) is 5.75 Å². The van der Waals surface area contributed by atoms with Crippen LogP contribution in [0, 0.1) is 11.8 Å². The summed E-state index contributed by atoms with van der Waals surface area (Å²) in [6, 6.07) is 12.9. The Balaban J connectivity index is 1.47. The predicted octanol–water partition coefficient (Wildman–Crippen LogP) is 3.01. The maximum Gasteiger partial charge on any atom is 0.408 e. The SMILES string of the molecule is COC(=O)C1(C(=O)[C@@H](NC(=O)[C@@H]2CCCN2C(=O)[C@@H](NC(=O)OCc2ccccc2)C(C)C)C(C)C)Nc2ccccc2O1. The topological polar surface area (TPSA) is 152 Å². The average molecular weight is 609 g/mol. The Morgan fingerprint density at radius 3 is 2.25 bits per heavy atom. The molecule has 1 unspecified atom stereocenters. The fourth-order valence-corrected chi connectivity index (χ4v) is 5.38. The number of likely N-dealkylation sites (tertiary alicyclic amines) is 1. The molecular formula is C32H40N4O8. The van der Waals surface area contributed by atoms with Crippen LogP contribution in [0.1, 0.15) is 46.1 Å². The van der Waals surface area contributed by atoms with E-state index in [9.17, 15) is 24.0 Å². The largest absolute Gasteiger partial charge is 0.464 e. The van der Waals surface area contributed by atoms with Crippen LogP contribution >= 0.6 is 0 Å². The number of Topliss-reactive ketones (excluding diaryl/α,β-unsaturated/α-hetero) is 1. The second-order valence-corrected chi connectivity index (χ2v) is 11.6. The molecule has 12 nitrogen and oxygen atoms in total. The molecule has 0 aromatic heterocycles. The van der Waals surface area contributed by atoms with Gasteiger partial charge in [0.25, 0.3) is 0 Å². The molecule has 2 aromatic carbocycles. The number of methoxy groups -OCH3 is 1. The van der Waals surface area contributed by atoms with Gasteiger partial charge >= 0.3 is 17.8 Å². The van der Waals surface area contributed by atoms with Gasteiger partial charge in [-0.15, -0.1) is 0 Å². The summed E-state index contributed by atoms with van der Waals surface area (Å²) in [7, 11) is 1.15. The number of hydrogen-bond acceptors (Lipinski definition) is 9. The van der Waals surface area contributed by atoms with Crippen LogP contribution < -0.4 is 20.7 Å². The molecule has 2 aromatic rings. The lowest BCUT2D eigenvalue weighted by Gasteiger charge is -2.33. The number of alkyl carbamates (subject to hydrolysis) is 1. The quantitative estimate of drug-likeness (QED) is 0.258. The van der Waals surface area contributed by atoms with E-state index in [1.165, 1.54) is 4.90 Å². The molecule has 2 aliphatic heterocycles. The van der Waals surface area contributed by atoms with Gasteiger partial charge < -0.3 is 35.1 Å². The molecule has 2 aliphatic rings. The van der Waals surface area contributed by atoms with Crippen molar-refractivity contribution in [3.05, 3.63) is 60.2 Å². The third kappa shape index (κ3) is 6.79. The number of esters is 1. The number of rotatable bonds is 11. The Bertz CT molecular complexity index is 1350. The van der Waals surface area contributed by atoms with E-state index in [4.69, 9.17) is 14.2 Å². The first kappa shape index (κ1) is 32.3. The van der Waals surface area contributed by atoms with Gasteiger partial charge in [0.15, 0.2) is 0 Å². The van der Waals surface area contributed by atoms with Crippen LogP contribution in [0.3, 0.4) is 0 Å². The summed E-state index contributed by atoms with van der Waals surface area (Å²) in [6.45, 7) is 7.38. The fraction of sp³-hybridized carbons (Fsp3) is 0.469. The first-order chi connectivity index (χ1) is 21.0. The van der Waals surface area contributed by atoms with Crippen molar-refractivity contribution in [2.45, 2.75) is 71.0 Å². The van der Waals surface area contributed by atoms with E-state index in [0.717, 1.165) is 12.7 Å². The normalized spacial score (nSPS) is 20.2. The molecule has 3 amide bonds. The molecular weight excluding hydrogens is 568 g/mol. The van der Waals surface area contributed by atoms with Crippen molar-refractivity contribution in [1.82, 2.24) is 15.5 Å². The summed E-state index contributed by atoms with van der Waals surface area (Å²) in [6.07, 6.45) is 0.173. The number of nitrogens with one attached hydrogen (secondary N) is 3. The second-order valence-electron chi connectivity index (χ2n) is 11.6. The first-order valence-corrected chi connectivity index (χ1v) is 14.8. The number of para-hydroxylation sites is 2. The summed E-state index contributed by atoms with van der Waals surface area (Å²) in [5.74, 6) is -3.12. The molecule has 2 heterocycles. The van der Waals surface area contributed by atoms with E-state index in [-0.39, 0.29) is 12.5 Å². The number of amides is 3. The van der Waals surface area contributed by atoms with E-state index < -0.39 is 59.4 Å².